The standard InChI is InChI=1S/C20H23NO3/c1-15(21-13-7-11-18(21)20(22)23)17-10-5-6-12-19(17)24-14-16-8-3-2-4-9-16/h2-6,8-10,12,15,18H,7,11,13-14H2,1H3,(H,22,23). The summed E-state index contributed by atoms with van der Waals surface area (Å²) < 4.78 is 6.03. The van der Waals surface area contributed by atoms with Crippen molar-refractivity contribution in [3.63, 3.8) is 0 Å². The molecular formula is C20H23NO3. The first kappa shape index (κ1) is 16.5. The molecule has 2 atom stereocenters. The van der Waals surface area contributed by atoms with Crippen LogP contribution in [0, 0.1) is 0 Å². The highest BCUT2D eigenvalue weighted by atomic mass is 16.5. The zero-order valence-corrected chi connectivity index (χ0v) is 13.9. The van der Waals surface area contributed by atoms with E-state index in [-0.39, 0.29) is 6.04 Å². The van der Waals surface area contributed by atoms with E-state index in [1.54, 1.807) is 0 Å². The second-order valence-corrected chi connectivity index (χ2v) is 6.22. The van der Waals surface area contributed by atoms with E-state index < -0.39 is 12.0 Å². The van der Waals surface area contributed by atoms with E-state index in [0.29, 0.717) is 13.0 Å². The van der Waals surface area contributed by atoms with Crippen LogP contribution in [-0.4, -0.2) is 28.6 Å². The van der Waals surface area contributed by atoms with E-state index in [1.165, 1.54) is 0 Å². The Morgan fingerprint density at radius 3 is 2.67 bits per heavy atom. The molecule has 0 aromatic heterocycles. The van der Waals surface area contributed by atoms with Gasteiger partial charge in [-0.1, -0.05) is 48.5 Å². The molecule has 0 aliphatic carbocycles. The van der Waals surface area contributed by atoms with Gasteiger partial charge in [0.25, 0.3) is 0 Å². The molecule has 0 bridgehead atoms. The third-order valence-electron chi connectivity index (χ3n) is 4.68. The first-order valence-electron chi connectivity index (χ1n) is 8.41. The molecule has 1 aliphatic rings. The van der Waals surface area contributed by atoms with Gasteiger partial charge < -0.3 is 9.84 Å². The van der Waals surface area contributed by atoms with Gasteiger partial charge in [0.15, 0.2) is 0 Å². The Balaban J connectivity index is 1.77. The second-order valence-electron chi connectivity index (χ2n) is 6.22. The van der Waals surface area contributed by atoms with E-state index in [2.05, 4.69) is 11.8 Å². The van der Waals surface area contributed by atoms with E-state index in [1.807, 2.05) is 54.6 Å². The fourth-order valence-corrected chi connectivity index (χ4v) is 3.39. The van der Waals surface area contributed by atoms with Crippen molar-refractivity contribution in [1.82, 2.24) is 4.90 Å². The molecular weight excluding hydrogens is 302 g/mol. The van der Waals surface area contributed by atoms with Crippen molar-refractivity contribution in [2.24, 2.45) is 0 Å². The molecule has 0 amide bonds. The molecule has 0 radical (unpaired) electrons. The number of para-hydroxylation sites is 1. The summed E-state index contributed by atoms with van der Waals surface area (Å²) in [6.07, 6.45) is 1.64. The minimum absolute atomic E-state index is 0.0144. The van der Waals surface area contributed by atoms with Crippen LogP contribution in [-0.2, 0) is 11.4 Å². The average molecular weight is 325 g/mol. The van der Waals surface area contributed by atoms with Crippen LogP contribution in [0.3, 0.4) is 0 Å². The van der Waals surface area contributed by atoms with Crippen LogP contribution in [0.2, 0.25) is 0 Å². The lowest BCUT2D eigenvalue weighted by atomic mass is 10.0. The maximum absolute atomic E-state index is 11.5. The summed E-state index contributed by atoms with van der Waals surface area (Å²) in [4.78, 5) is 13.5. The van der Waals surface area contributed by atoms with Crippen molar-refractivity contribution in [2.75, 3.05) is 6.54 Å². The Morgan fingerprint density at radius 1 is 1.21 bits per heavy atom. The van der Waals surface area contributed by atoms with Crippen LogP contribution in [0.25, 0.3) is 0 Å². The van der Waals surface area contributed by atoms with Gasteiger partial charge in [-0.05, 0) is 37.9 Å². The summed E-state index contributed by atoms with van der Waals surface area (Å²) in [6.45, 7) is 3.38. The second kappa shape index (κ2) is 7.49. The van der Waals surface area contributed by atoms with E-state index in [9.17, 15) is 9.90 Å². The number of carboxylic acid groups (broad SMARTS) is 1. The van der Waals surface area contributed by atoms with Gasteiger partial charge in [0.05, 0.1) is 0 Å². The van der Waals surface area contributed by atoms with Crippen LogP contribution in [0.15, 0.2) is 54.6 Å². The number of hydrogen-bond acceptors (Lipinski definition) is 3. The van der Waals surface area contributed by atoms with Crippen molar-refractivity contribution in [3.05, 3.63) is 65.7 Å². The summed E-state index contributed by atoms with van der Waals surface area (Å²) in [6, 6.07) is 17.6. The van der Waals surface area contributed by atoms with Gasteiger partial charge in [0.1, 0.15) is 18.4 Å². The number of benzene rings is 2. The number of carbonyl (C=O) groups is 1. The first-order valence-corrected chi connectivity index (χ1v) is 8.41. The lowest BCUT2D eigenvalue weighted by Crippen LogP contribution is -2.37. The molecule has 24 heavy (non-hydrogen) atoms. The molecule has 4 heteroatoms. The highest BCUT2D eigenvalue weighted by Crippen LogP contribution is 2.34. The van der Waals surface area contributed by atoms with Gasteiger partial charge in [0, 0.05) is 11.6 Å². The summed E-state index contributed by atoms with van der Waals surface area (Å²) in [5, 5.41) is 9.43. The van der Waals surface area contributed by atoms with E-state index >= 15 is 0 Å². The van der Waals surface area contributed by atoms with Gasteiger partial charge in [-0.2, -0.15) is 0 Å². The Hall–Kier alpha value is -2.33. The molecule has 2 unspecified atom stereocenters. The van der Waals surface area contributed by atoms with Crippen molar-refractivity contribution >= 4 is 5.97 Å². The minimum Gasteiger partial charge on any atom is -0.489 e. The van der Waals surface area contributed by atoms with Crippen LogP contribution in [0.5, 0.6) is 5.75 Å². The number of aliphatic carboxylic acids is 1. The number of likely N-dealkylation sites (tertiary alicyclic amines) is 1. The van der Waals surface area contributed by atoms with Crippen molar-refractivity contribution in [2.45, 2.75) is 38.5 Å². The Labute approximate surface area is 142 Å². The van der Waals surface area contributed by atoms with Crippen LogP contribution in [0.1, 0.15) is 36.9 Å². The van der Waals surface area contributed by atoms with Crippen LogP contribution >= 0.6 is 0 Å². The highest BCUT2D eigenvalue weighted by molar-refractivity contribution is 5.74. The van der Waals surface area contributed by atoms with Gasteiger partial charge >= 0.3 is 5.97 Å². The lowest BCUT2D eigenvalue weighted by Gasteiger charge is -2.29. The van der Waals surface area contributed by atoms with Crippen molar-refractivity contribution in [3.8, 4) is 5.75 Å². The molecule has 1 heterocycles. The van der Waals surface area contributed by atoms with Crippen LogP contribution in [0.4, 0.5) is 0 Å². The molecule has 4 nitrogen and oxygen atoms in total. The average Bonchev–Trinajstić information content (AvgIpc) is 3.10. The maximum atomic E-state index is 11.5. The summed E-state index contributed by atoms with van der Waals surface area (Å²) >= 11 is 0. The molecule has 1 saturated heterocycles. The summed E-state index contributed by atoms with van der Waals surface area (Å²) in [5.74, 6) is 0.0897. The SMILES string of the molecule is CC(c1ccccc1OCc1ccccc1)N1CCCC1C(=O)O. The quantitative estimate of drug-likeness (QED) is 0.876. The van der Waals surface area contributed by atoms with E-state index in [0.717, 1.165) is 29.8 Å². The molecule has 1 aliphatic heterocycles. The number of carboxylic acids is 1. The normalized spacial score (nSPS) is 19.1. The van der Waals surface area contributed by atoms with Gasteiger partial charge in [-0.15, -0.1) is 0 Å². The summed E-state index contributed by atoms with van der Waals surface area (Å²) in [7, 11) is 0. The Morgan fingerprint density at radius 2 is 1.92 bits per heavy atom. The minimum atomic E-state index is -0.734. The molecule has 0 spiro atoms. The number of nitrogens with zero attached hydrogens (tertiary/aromatic N) is 1. The van der Waals surface area contributed by atoms with Gasteiger partial charge in [-0.25, -0.2) is 0 Å². The molecule has 3 rings (SSSR count). The first-order chi connectivity index (χ1) is 11.7. The Bertz CT molecular complexity index is 686. The fraction of sp³-hybridized carbons (Fsp3) is 0.350. The van der Waals surface area contributed by atoms with Gasteiger partial charge in [0.2, 0.25) is 0 Å². The predicted octanol–water partition coefficient (Wildman–Crippen LogP) is 3.88. The monoisotopic (exact) mass is 325 g/mol. The van der Waals surface area contributed by atoms with Crippen LogP contribution < -0.4 is 4.74 Å². The fourth-order valence-electron chi connectivity index (χ4n) is 3.39. The number of ether oxygens (including phenoxy) is 1. The largest absolute Gasteiger partial charge is 0.489 e. The summed E-state index contributed by atoms with van der Waals surface area (Å²) in [5.41, 5.74) is 2.16. The number of hydrogen-bond donors (Lipinski definition) is 1. The lowest BCUT2D eigenvalue weighted by molar-refractivity contribution is -0.142. The van der Waals surface area contributed by atoms with E-state index in [4.69, 9.17) is 4.74 Å². The molecule has 126 valence electrons. The highest BCUT2D eigenvalue weighted by Gasteiger charge is 2.34. The zero-order chi connectivity index (χ0) is 16.9. The molecule has 1 N–H and O–H groups in total. The smallest absolute Gasteiger partial charge is 0.320 e. The topological polar surface area (TPSA) is 49.8 Å². The molecule has 0 saturated carbocycles. The molecule has 2 aromatic rings. The van der Waals surface area contributed by atoms with Gasteiger partial charge in [-0.3, -0.25) is 9.69 Å². The third kappa shape index (κ3) is 3.60. The maximum Gasteiger partial charge on any atom is 0.320 e. The number of rotatable bonds is 6. The van der Waals surface area contributed by atoms with Crippen molar-refractivity contribution in [1.29, 1.82) is 0 Å². The Kier molecular flexibility index (Phi) is 5.16. The zero-order valence-electron chi connectivity index (χ0n) is 13.9. The predicted molar refractivity (Wildman–Crippen MR) is 93.0 cm³/mol. The third-order valence-corrected chi connectivity index (χ3v) is 4.68. The van der Waals surface area contributed by atoms with Crippen molar-refractivity contribution < 1.29 is 14.6 Å². The molecule has 1 fully saturated rings. The molecule has 2 aromatic carbocycles.